The van der Waals surface area contributed by atoms with Crippen molar-refractivity contribution in [2.24, 2.45) is 11.7 Å². The summed E-state index contributed by atoms with van der Waals surface area (Å²) in [6.07, 6.45) is 3.93. The third-order valence-corrected chi connectivity index (χ3v) is 3.01. The van der Waals surface area contributed by atoms with Crippen LogP contribution in [0.25, 0.3) is 0 Å². The largest absolute Gasteiger partial charge is 0.329 e. The normalized spacial score (nSPS) is 20.1. The van der Waals surface area contributed by atoms with Gasteiger partial charge in [-0.3, -0.25) is 0 Å². The van der Waals surface area contributed by atoms with Crippen LogP contribution < -0.4 is 11.1 Å². The zero-order valence-corrected chi connectivity index (χ0v) is 9.47. The molecule has 1 aliphatic rings. The van der Waals surface area contributed by atoms with E-state index in [0.29, 0.717) is 0 Å². The fourth-order valence-electron chi connectivity index (χ4n) is 2.08. The molecule has 0 radical (unpaired) electrons. The van der Waals surface area contributed by atoms with Crippen molar-refractivity contribution in [3.05, 3.63) is 0 Å². The zero-order chi connectivity index (χ0) is 10.2. The lowest BCUT2D eigenvalue weighted by Gasteiger charge is -2.31. The minimum Gasteiger partial charge on any atom is -0.329 e. The van der Waals surface area contributed by atoms with Crippen LogP contribution in [0.4, 0.5) is 0 Å². The second-order valence-corrected chi connectivity index (χ2v) is 4.28. The van der Waals surface area contributed by atoms with Crippen LogP contribution in [-0.2, 0) is 0 Å². The van der Waals surface area contributed by atoms with E-state index in [-0.39, 0.29) is 0 Å². The molecule has 0 aromatic heterocycles. The molecule has 1 aliphatic heterocycles. The molecule has 0 saturated carbocycles. The third-order valence-electron chi connectivity index (χ3n) is 3.01. The van der Waals surface area contributed by atoms with Crippen molar-refractivity contribution in [3.8, 4) is 0 Å². The van der Waals surface area contributed by atoms with Crippen LogP contribution in [0, 0.1) is 5.92 Å². The quantitative estimate of drug-likeness (QED) is 0.617. The Morgan fingerprint density at radius 3 is 2.64 bits per heavy atom. The van der Waals surface area contributed by atoms with Crippen molar-refractivity contribution < 1.29 is 0 Å². The minimum atomic E-state index is 0.804. The van der Waals surface area contributed by atoms with Gasteiger partial charge in [-0.15, -0.1) is 0 Å². The average molecular weight is 199 g/mol. The molecule has 1 saturated heterocycles. The van der Waals surface area contributed by atoms with E-state index in [1.165, 1.54) is 45.4 Å². The van der Waals surface area contributed by atoms with Gasteiger partial charge in [0.15, 0.2) is 0 Å². The van der Waals surface area contributed by atoms with Crippen molar-refractivity contribution >= 4 is 0 Å². The number of piperidine rings is 1. The van der Waals surface area contributed by atoms with Crippen molar-refractivity contribution in [2.45, 2.75) is 26.2 Å². The molecule has 3 nitrogen and oxygen atoms in total. The second kappa shape index (κ2) is 7.21. The minimum absolute atomic E-state index is 0.804. The Kier molecular flexibility index (Phi) is 6.15. The van der Waals surface area contributed by atoms with E-state index in [2.05, 4.69) is 17.1 Å². The Bertz CT molecular complexity index is 130. The van der Waals surface area contributed by atoms with Crippen LogP contribution >= 0.6 is 0 Å². The van der Waals surface area contributed by atoms with Crippen molar-refractivity contribution in [1.29, 1.82) is 0 Å². The number of rotatable bonds is 6. The van der Waals surface area contributed by atoms with Gasteiger partial charge in [-0.05, 0) is 51.4 Å². The number of hydrogen-bond acceptors (Lipinski definition) is 3. The molecule has 0 bridgehead atoms. The molecule has 0 aliphatic carbocycles. The van der Waals surface area contributed by atoms with E-state index >= 15 is 0 Å². The monoisotopic (exact) mass is 199 g/mol. The maximum Gasteiger partial charge on any atom is 0.0105 e. The Hall–Kier alpha value is -0.120. The lowest BCUT2D eigenvalue weighted by Crippen LogP contribution is -2.39. The van der Waals surface area contributed by atoms with Crippen LogP contribution in [0.2, 0.25) is 0 Å². The van der Waals surface area contributed by atoms with E-state index in [0.717, 1.165) is 19.0 Å². The molecule has 3 N–H and O–H groups in total. The van der Waals surface area contributed by atoms with Crippen LogP contribution in [0.15, 0.2) is 0 Å². The first kappa shape index (κ1) is 12.0. The van der Waals surface area contributed by atoms with Gasteiger partial charge in [-0.2, -0.15) is 0 Å². The Balaban J connectivity index is 2.03. The van der Waals surface area contributed by atoms with Gasteiger partial charge in [-0.25, -0.2) is 0 Å². The molecule has 1 rings (SSSR count). The molecule has 0 aromatic rings. The third kappa shape index (κ3) is 4.40. The van der Waals surface area contributed by atoms with Gasteiger partial charge in [0, 0.05) is 13.1 Å². The number of nitrogens with two attached hydrogens (primary N) is 1. The maximum absolute atomic E-state index is 5.54. The summed E-state index contributed by atoms with van der Waals surface area (Å²) < 4.78 is 0. The smallest absolute Gasteiger partial charge is 0.0105 e. The van der Waals surface area contributed by atoms with Gasteiger partial charge >= 0.3 is 0 Å². The van der Waals surface area contributed by atoms with Gasteiger partial charge in [-0.1, -0.05) is 6.92 Å². The summed E-state index contributed by atoms with van der Waals surface area (Å²) in [7, 11) is 0. The van der Waals surface area contributed by atoms with Crippen LogP contribution in [0.1, 0.15) is 26.2 Å². The number of nitrogens with one attached hydrogen (secondary N) is 1. The maximum atomic E-state index is 5.54. The highest BCUT2D eigenvalue weighted by Crippen LogP contribution is 2.15. The number of nitrogens with zero attached hydrogens (tertiary/aromatic N) is 1. The molecule has 84 valence electrons. The molecule has 0 unspecified atom stereocenters. The molecule has 14 heavy (non-hydrogen) atoms. The van der Waals surface area contributed by atoms with E-state index in [9.17, 15) is 0 Å². The molecule has 0 aromatic carbocycles. The molecule has 1 fully saturated rings. The predicted molar refractivity (Wildman–Crippen MR) is 61.4 cm³/mol. The highest BCUT2D eigenvalue weighted by molar-refractivity contribution is 4.73. The van der Waals surface area contributed by atoms with Gasteiger partial charge in [0.1, 0.15) is 0 Å². The fraction of sp³-hybridized carbons (Fsp3) is 1.00. The molecule has 0 atom stereocenters. The van der Waals surface area contributed by atoms with E-state index in [1.807, 2.05) is 0 Å². The SMILES string of the molecule is CCCNCC1CCN(CCN)CC1. The van der Waals surface area contributed by atoms with E-state index < -0.39 is 0 Å². The summed E-state index contributed by atoms with van der Waals surface area (Å²) in [5, 5.41) is 3.51. The summed E-state index contributed by atoms with van der Waals surface area (Å²) in [6.45, 7) is 8.98. The van der Waals surface area contributed by atoms with Gasteiger partial charge in [0.2, 0.25) is 0 Å². The van der Waals surface area contributed by atoms with E-state index in [1.54, 1.807) is 0 Å². The summed E-state index contributed by atoms with van der Waals surface area (Å²) in [6, 6.07) is 0. The first-order chi connectivity index (χ1) is 6.86. The standard InChI is InChI=1S/C11H25N3/c1-2-6-13-10-11-3-7-14(8-4-11)9-5-12/h11,13H,2-10,12H2,1H3. The second-order valence-electron chi connectivity index (χ2n) is 4.28. The molecule has 3 heteroatoms. The Morgan fingerprint density at radius 2 is 2.07 bits per heavy atom. The zero-order valence-electron chi connectivity index (χ0n) is 9.47. The summed E-state index contributed by atoms with van der Waals surface area (Å²) in [5.41, 5.74) is 5.54. The molecular weight excluding hydrogens is 174 g/mol. The summed E-state index contributed by atoms with van der Waals surface area (Å²) >= 11 is 0. The van der Waals surface area contributed by atoms with Crippen molar-refractivity contribution in [2.75, 3.05) is 39.3 Å². The Labute approximate surface area is 88.0 Å². The lowest BCUT2D eigenvalue weighted by atomic mass is 9.97. The highest BCUT2D eigenvalue weighted by Gasteiger charge is 2.17. The first-order valence-electron chi connectivity index (χ1n) is 6.00. The lowest BCUT2D eigenvalue weighted by molar-refractivity contribution is 0.187. The number of hydrogen-bond donors (Lipinski definition) is 2. The number of likely N-dealkylation sites (tertiary alicyclic amines) is 1. The first-order valence-corrected chi connectivity index (χ1v) is 6.00. The van der Waals surface area contributed by atoms with Crippen molar-refractivity contribution in [1.82, 2.24) is 10.2 Å². The van der Waals surface area contributed by atoms with Crippen LogP contribution in [-0.4, -0.2) is 44.2 Å². The Morgan fingerprint density at radius 1 is 1.36 bits per heavy atom. The van der Waals surface area contributed by atoms with Gasteiger partial charge < -0.3 is 16.0 Å². The molecule has 0 amide bonds. The molecule has 1 heterocycles. The van der Waals surface area contributed by atoms with E-state index in [4.69, 9.17) is 5.73 Å². The summed E-state index contributed by atoms with van der Waals surface area (Å²) in [5.74, 6) is 0.899. The molecular formula is C11H25N3. The topological polar surface area (TPSA) is 41.3 Å². The average Bonchev–Trinajstić information content (AvgIpc) is 2.21. The fourth-order valence-corrected chi connectivity index (χ4v) is 2.08. The summed E-state index contributed by atoms with van der Waals surface area (Å²) in [4.78, 5) is 2.48. The van der Waals surface area contributed by atoms with Crippen LogP contribution in [0.5, 0.6) is 0 Å². The predicted octanol–water partition coefficient (Wildman–Crippen LogP) is 0.657. The molecule has 0 spiro atoms. The van der Waals surface area contributed by atoms with Crippen molar-refractivity contribution in [3.63, 3.8) is 0 Å². The van der Waals surface area contributed by atoms with Gasteiger partial charge in [0.25, 0.3) is 0 Å². The van der Waals surface area contributed by atoms with Crippen LogP contribution in [0.3, 0.4) is 0 Å². The highest BCUT2D eigenvalue weighted by atomic mass is 15.1. The van der Waals surface area contributed by atoms with Gasteiger partial charge in [0.05, 0.1) is 0 Å².